The summed E-state index contributed by atoms with van der Waals surface area (Å²) in [5.41, 5.74) is 0.780. The molecule has 0 saturated carbocycles. The number of rotatable bonds is 5. The van der Waals surface area contributed by atoms with E-state index in [9.17, 15) is 14.3 Å². The normalized spacial score (nSPS) is 11.7. The minimum atomic E-state index is -0.524. The molecule has 2 aromatic carbocycles. The number of halogens is 1. The quantitative estimate of drug-likeness (QED) is 0.389. The molecule has 1 amide bonds. The summed E-state index contributed by atoms with van der Waals surface area (Å²) in [6, 6.07) is 8.68. The minimum Gasteiger partial charge on any atom is -0.508 e. The molecule has 0 bridgehead atoms. The first kappa shape index (κ1) is 20.1. The third-order valence-corrected chi connectivity index (χ3v) is 4.04. The fourth-order valence-corrected chi connectivity index (χ4v) is 2.58. The number of methoxy groups -OCH3 is 1. The summed E-state index contributed by atoms with van der Waals surface area (Å²) in [4.78, 5) is 16.9. The van der Waals surface area contributed by atoms with Crippen LogP contribution in [-0.4, -0.2) is 40.8 Å². The van der Waals surface area contributed by atoms with E-state index in [1.54, 1.807) is 6.07 Å². The van der Waals surface area contributed by atoms with E-state index in [-0.39, 0.29) is 28.8 Å². The number of ether oxygens (including phenoxy) is 1. The molecule has 3 aromatic rings. The van der Waals surface area contributed by atoms with Crippen LogP contribution < -0.4 is 15.4 Å². The van der Waals surface area contributed by atoms with Gasteiger partial charge in [0.1, 0.15) is 17.3 Å². The average Bonchev–Trinajstić information content (AvgIpc) is 3.09. The van der Waals surface area contributed by atoms with Gasteiger partial charge < -0.3 is 15.2 Å². The van der Waals surface area contributed by atoms with Crippen molar-refractivity contribution >= 4 is 28.6 Å². The monoisotopic (exact) mass is 399 g/mol. The summed E-state index contributed by atoms with van der Waals surface area (Å²) < 4.78 is 19.6. The Kier molecular flexibility index (Phi) is 5.96. The van der Waals surface area contributed by atoms with E-state index in [4.69, 9.17) is 4.74 Å². The van der Waals surface area contributed by atoms with Gasteiger partial charge in [0.2, 0.25) is 5.96 Å². The zero-order valence-electron chi connectivity index (χ0n) is 16.3. The van der Waals surface area contributed by atoms with E-state index in [1.807, 2.05) is 13.8 Å². The van der Waals surface area contributed by atoms with Gasteiger partial charge in [-0.2, -0.15) is 5.10 Å². The standard InChI is InChI=1S/C20H22FN5O3/c1-11(2)10-22-20(24-19(28)12-4-6-13(27)7-5-12)23-18-17-15(21)8-14(29-3)9-16(17)25-26-18/h4-9,11,27H,10H2,1-3H3,(H3,22,23,24,25,26,28). The predicted octanol–water partition coefficient (Wildman–Crippen LogP) is 3.27. The molecule has 29 heavy (non-hydrogen) atoms. The van der Waals surface area contributed by atoms with Crippen molar-refractivity contribution in [1.82, 2.24) is 15.5 Å². The molecule has 152 valence electrons. The lowest BCUT2D eigenvalue weighted by molar-refractivity contribution is 0.0977. The van der Waals surface area contributed by atoms with Crippen molar-refractivity contribution < 1.29 is 19.0 Å². The number of fused-ring (bicyclic) bond motifs is 1. The molecule has 1 aromatic heterocycles. The fourth-order valence-electron chi connectivity index (χ4n) is 2.58. The SMILES string of the molecule is COc1cc(F)c2c(NC(=NCC(C)C)NC(=O)c3ccc(O)cc3)n[nH]c2c1. The number of benzene rings is 2. The number of aliphatic imine (C=N–C) groups is 1. The zero-order chi connectivity index (χ0) is 21.0. The Morgan fingerprint density at radius 3 is 2.69 bits per heavy atom. The Morgan fingerprint density at radius 1 is 1.31 bits per heavy atom. The van der Waals surface area contributed by atoms with Crippen LogP contribution in [0.2, 0.25) is 0 Å². The van der Waals surface area contributed by atoms with Gasteiger partial charge in [0.25, 0.3) is 5.91 Å². The van der Waals surface area contributed by atoms with Gasteiger partial charge in [-0.3, -0.25) is 20.2 Å². The van der Waals surface area contributed by atoms with Gasteiger partial charge in [0.15, 0.2) is 5.82 Å². The van der Waals surface area contributed by atoms with Crippen LogP contribution in [0.15, 0.2) is 41.4 Å². The van der Waals surface area contributed by atoms with Crippen LogP contribution >= 0.6 is 0 Å². The van der Waals surface area contributed by atoms with Crippen molar-refractivity contribution in [3.63, 3.8) is 0 Å². The van der Waals surface area contributed by atoms with E-state index in [2.05, 4.69) is 25.8 Å². The van der Waals surface area contributed by atoms with Crippen molar-refractivity contribution in [2.75, 3.05) is 19.0 Å². The molecule has 0 spiro atoms. The number of hydrogen-bond donors (Lipinski definition) is 4. The lowest BCUT2D eigenvalue weighted by Gasteiger charge is -2.11. The van der Waals surface area contributed by atoms with Crippen LogP contribution in [0.25, 0.3) is 10.9 Å². The number of carbonyl (C=O) groups is 1. The van der Waals surface area contributed by atoms with Crippen LogP contribution in [-0.2, 0) is 0 Å². The molecule has 0 atom stereocenters. The second kappa shape index (κ2) is 8.59. The highest BCUT2D eigenvalue weighted by molar-refractivity contribution is 6.11. The molecular weight excluding hydrogens is 377 g/mol. The lowest BCUT2D eigenvalue weighted by Crippen LogP contribution is -2.36. The zero-order valence-corrected chi connectivity index (χ0v) is 16.3. The van der Waals surface area contributed by atoms with Crippen molar-refractivity contribution in [3.05, 3.63) is 47.8 Å². The number of phenolic OH excluding ortho intramolecular Hbond substituents is 1. The van der Waals surface area contributed by atoms with Crippen LogP contribution in [0.5, 0.6) is 11.5 Å². The molecule has 8 nitrogen and oxygen atoms in total. The highest BCUT2D eigenvalue weighted by atomic mass is 19.1. The van der Waals surface area contributed by atoms with E-state index in [0.717, 1.165) is 0 Å². The maximum atomic E-state index is 14.5. The van der Waals surface area contributed by atoms with E-state index in [1.165, 1.54) is 37.4 Å². The van der Waals surface area contributed by atoms with Gasteiger partial charge in [-0.1, -0.05) is 13.8 Å². The Labute approximate surface area is 166 Å². The van der Waals surface area contributed by atoms with E-state index >= 15 is 0 Å². The summed E-state index contributed by atoms with van der Waals surface area (Å²) in [6.45, 7) is 4.41. The van der Waals surface area contributed by atoms with Gasteiger partial charge in [-0.25, -0.2) is 4.39 Å². The second-order valence-electron chi connectivity index (χ2n) is 6.81. The molecule has 1 heterocycles. The minimum absolute atomic E-state index is 0.0577. The smallest absolute Gasteiger partial charge is 0.257 e. The predicted molar refractivity (Wildman–Crippen MR) is 109 cm³/mol. The first-order valence-electron chi connectivity index (χ1n) is 9.01. The molecule has 0 aliphatic heterocycles. The van der Waals surface area contributed by atoms with Crippen molar-refractivity contribution in [2.45, 2.75) is 13.8 Å². The lowest BCUT2D eigenvalue weighted by atomic mass is 10.2. The number of aromatic nitrogens is 2. The van der Waals surface area contributed by atoms with Crippen molar-refractivity contribution in [3.8, 4) is 11.5 Å². The van der Waals surface area contributed by atoms with Crippen LogP contribution in [0.1, 0.15) is 24.2 Å². The van der Waals surface area contributed by atoms with Gasteiger partial charge in [0.05, 0.1) is 18.0 Å². The average molecular weight is 399 g/mol. The van der Waals surface area contributed by atoms with Crippen molar-refractivity contribution in [1.29, 1.82) is 0 Å². The third-order valence-electron chi connectivity index (χ3n) is 4.04. The Bertz CT molecular complexity index is 1040. The van der Waals surface area contributed by atoms with Gasteiger partial charge in [-0.15, -0.1) is 0 Å². The molecular formula is C20H22FN5O3. The number of aromatic amines is 1. The Morgan fingerprint density at radius 2 is 2.03 bits per heavy atom. The molecule has 9 heteroatoms. The third kappa shape index (κ3) is 4.81. The maximum absolute atomic E-state index is 14.5. The van der Waals surface area contributed by atoms with Crippen LogP contribution in [0, 0.1) is 11.7 Å². The second-order valence-corrected chi connectivity index (χ2v) is 6.81. The summed E-state index contributed by atoms with van der Waals surface area (Å²) in [6.07, 6.45) is 0. The number of aromatic hydroxyl groups is 1. The number of nitrogens with zero attached hydrogens (tertiary/aromatic N) is 2. The van der Waals surface area contributed by atoms with Gasteiger partial charge in [0, 0.05) is 24.2 Å². The maximum Gasteiger partial charge on any atom is 0.257 e. The summed E-state index contributed by atoms with van der Waals surface area (Å²) in [7, 11) is 1.45. The molecule has 0 aliphatic rings. The van der Waals surface area contributed by atoms with Crippen LogP contribution in [0.3, 0.4) is 0 Å². The number of H-pyrrole nitrogens is 1. The van der Waals surface area contributed by atoms with E-state index in [0.29, 0.717) is 23.4 Å². The van der Waals surface area contributed by atoms with Gasteiger partial charge >= 0.3 is 0 Å². The van der Waals surface area contributed by atoms with Crippen molar-refractivity contribution in [2.24, 2.45) is 10.9 Å². The number of amides is 1. The Balaban J connectivity index is 1.88. The highest BCUT2D eigenvalue weighted by Gasteiger charge is 2.16. The molecule has 0 radical (unpaired) electrons. The number of anilines is 1. The summed E-state index contributed by atoms with van der Waals surface area (Å²) in [5.74, 6) is 0.0378. The number of carbonyl (C=O) groups excluding carboxylic acids is 1. The fraction of sp³-hybridized carbons (Fsp3) is 0.250. The molecule has 4 N–H and O–H groups in total. The topological polar surface area (TPSA) is 112 Å². The number of guanidine groups is 1. The Hall–Kier alpha value is -3.62. The first-order chi connectivity index (χ1) is 13.9. The molecule has 3 rings (SSSR count). The summed E-state index contributed by atoms with van der Waals surface area (Å²) in [5, 5.41) is 22.0. The molecule has 0 fully saturated rings. The molecule has 0 aliphatic carbocycles. The molecule has 0 unspecified atom stereocenters. The number of hydrogen-bond acceptors (Lipinski definition) is 5. The summed E-state index contributed by atoms with van der Waals surface area (Å²) >= 11 is 0. The number of phenols is 1. The molecule has 0 saturated heterocycles. The first-order valence-corrected chi connectivity index (χ1v) is 9.01. The van der Waals surface area contributed by atoms with E-state index < -0.39 is 11.7 Å². The van der Waals surface area contributed by atoms with Gasteiger partial charge in [-0.05, 0) is 30.2 Å². The largest absolute Gasteiger partial charge is 0.508 e. The van der Waals surface area contributed by atoms with Crippen LogP contribution in [0.4, 0.5) is 10.2 Å². The highest BCUT2D eigenvalue weighted by Crippen LogP contribution is 2.28. The number of nitrogens with one attached hydrogen (secondary N) is 3.